The van der Waals surface area contributed by atoms with E-state index in [9.17, 15) is 0 Å². The number of benzene rings is 2. The van der Waals surface area contributed by atoms with Crippen LogP contribution in [0.3, 0.4) is 0 Å². The van der Waals surface area contributed by atoms with E-state index in [2.05, 4.69) is 43.0 Å². The zero-order valence-corrected chi connectivity index (χ0v) is 10.7. The van der Waals surface area contributed by atoms with Crippen molar-refractivity contribution in [2.24, 2.45) is 0 Å². The zero-order valence-electron chi connectivity index (χ0n) is 10.7. The third kappa shape index (κ3) is 2.62. The van der Waals surface area contributed by atoms with Crippen molar-refractivity contribution in [2.45, 2.75) is 12.3 Å². The number of hydrogen-bond donors (Lipinski definition) is 0. The van der Waals surface area contributed by atoms with E-state index in [1.807, 2.05) is 24.3 Å². The van der Waals surface area contributed by atoms with Crippen LogP contribution in [-0.4, -0.2) is 7.11 Å². The Labute approximate surface area is 109 Å². The van der Waals surface area contributed by atoms with Gasteiger partial charge in [-0.05, 0) is 18.1 Å². The van der Waals surface area contributed by atoms with Gasteiger partial charge in [0, 0.05) is 11.5 Å². The summed E-state index contributed by atoms with van der Waals surface area (Å²) in [6, 6.07) is 18.7. The van der Waals surface area contributed by atoms with Crippen LogP contribution in [0.25, 0.3) is 0 Å². The second-order valence-electron chi connectivity index (χ2n) is 4.23. The summed E-state index contributed by atoms with van der Waals surface area (Å²) in [5, 5.41) is 0. The van der Waals surface area contributed by atoms with Gasteiger partial charge in [0.2, 0.25) is 0 Å². The fourth-order valence-corrected chi connectivity index (χ4v) is 2.25. The fourth-order valence-electron chi connectivity index (χ4n) is 2.25. The third-order valence-electron chi connectivity index (χ3n) is 3.12. The van der Waals surface area contributed by atoms with Crippen LogP contribution in [-0.2, 0) is 0 Å². The molecule has 0 saturated heterocycles. The molecular formula is C17H18O. The molecule has 0 saturated carbocycles. The number of para-hydroxylation sites is 1. The van der Waals surface area contributed by atoms with E-state index in [0.717, 1.165) is 12.2 Å². The summed E-state index contributed by atoms with van der Waals surface area (Å²) in [7, 11) is 1.72. The van der Waals surface area contributed by atoms with E-state index >= 15 is 0 Å². The number of methoxy groups -OCH3 is 1. The molecule has 2 rings (SSSR count). The molecule has 18 heavy (non-hydrogen) atoms. The van der Waals surface area contributed by atoms with Gasteiger partial charge in [-0.25, -0.2) is 0 Å². The second kappa shape index (κ2) is 6.06. The van der Waals surface area contributed by atoms with Gasteiger partial charge in [0.05, 0.1) is 7.11 Å². The quantitative estimate of drug-likeness (QED) is 0.701. The molecule has 0 heterocycles. The summed E-state index contributed by atoms with van der Waals surface area (Å²) >= 11 is 0. The standard InChI is InChI=1S/C17H18O/c1-3-9-15(14-10-5-4-6-11-14)16-12-7-8-13-17(16)18-2/h3-8,10-13,15H,1,9H2,2H3/t15-/m1/s1. The Kier molecular flexibility index (Phi) is 4.19. The Morgan fingerprint density at radius 3 is 2.39 bits per heavy atom. The zero-order chi connectivity index (χ0) is 12.8. The first-order valence-electron chi connectivity index (χ1n) is 6.15. The first-order chi connectivity index (χ1) is 8.86. The molecule has 1 nitrogen and oxygen atoms in total. The maximum Gasteiger partial charge on any atom is 0.122 e. The summed E-state index contributed by atoms with van der Waals surface area (Å²) in [5.41, 5.74) is 2.51. The topological polar surface area (TPSA) is 9.23 Å². The molecule has 0 aromatic heterocycles. The Morgan fingerprint density at radius 1 is 1.06 bits per heavy atom. The average Bonchev–Trinajstić information content (AvgIpc) is 2.46. The maximum atomic E-state index is 5.46. The minimum atomic E-state index is 0.305. The molecule has 0 aliphatic carbocycles. The Balaban J connectivity index is 2.44. The van der Waals surface area contributed by atoms with Crippen LogP contribution in [0.5, 0.6) is 5.75 Å². The Morgan fingerprint density at radius 2 is 1.72 bits per heavy atom. The van der Waals surface area contributed by atoms with E-state index in [4.69, 9.17) is 4.74 Å². The highest BCUT2D eigenvalue weighted by molar-refractivity contribution is 5.42. The van der Waals surface area contributed by atoms with Crippen LogP contribution >= 0.6 is 0 Å². The largest absolute Gasteiger partial charge is 0.496 e. The van der Waals surface area contributed by atoms with Gasteiger partial charge in [-0.3, -0.25) is 0 Å². The van der Waals surface area contributed by atoms with E-state index in [1.165, 1.54) is 11.1 Å². The van der Waals surface area contributed by atoms with E-state index < -0.39 is 0 Å². The summed E-state index contributed by atoms with van der Waals surface area (Å²) in [6.45, 7) is 3.87. The molecule has 92 valence electrons. The lowest BCUT2D eigenvalue weighted by atomic mass is 9.88. The average molecular weight is 238 g/mol. The minimum absolute atomic E-state index is 0.305. The van der Waals surface area contributed by atoms with Crippen molar-refractivity contribution in [3.05, 3.63) is 78.4 Å². The summed E-state index contributed by atoms with van der Waals surface area (Å²) in [6.07, 6.45) is 2.87. The van der Waals surface area contributed by atoms with Gasteiger partial charge in [0.1, 0.15) is 5.75 Å². The van der Waals surface area contributed by atoms with Gasteiger partial charge < -0.3 is 4.74 Å². The molecular weight excluding hydrogens is 220 g/mol. The van der Waals surface area contributed by atoms with Crippen LogP contribution in [0.1, 0.15) is 23.5 Å². The second-order valence-corrected chi connectivity index (χ2v) is 4.23. The van der Waals surface area contributed by atoms with Gasteiger partial charge in [-0.15, -0.1) is 6.58 Å². The van der Waals surface area contributed by atoms with Gasteiger partial charge >= 0.3 is 0 Å². The molecule has 0 amide bonds. The fraction of sp³-hybridized carbons (Fsp3) is 0.176. The lowest BCUT2D eigenvalue weighted by molar-refractivity contribution is 0.407. The van der Waals surface area contributed by atoms with Crippen LogP contribution in [0.4, 0.5) is 0 Å². The lowest BCUT2D eigenvalue weighted by Gasteiger charge is -2.19. The number of ether oxygens (including phenoxy) is 1. The molecule has 0 aliphatic rings. The van der Waals surface area contributed by atoms with Gasteiger partial charge in [-0.2, -0.15) is 0 Å². The highest BCUT2D eigenvalue weighted by Gasteiger charge is 2.16. The summed E-state index contributed by atoms with van der Waals surface area (Å²) in [5.74, 6) is 1.24. The van der Waals surface area contributed by atoms with E-state index in [0.29, 0.717) is 5.92 Å². The Bertz CT molecular complexity index is 502. The smallest absolute Gasteiger partial charge is 0.122 e. The van der Waals surface area contributed by atoms with E-state index in [1.54, 1.807) is 7.11 Å². The molecule has 0 radical (unpaired) electrons. The number of hydrogen-bond acceptors (Lipinski definition) is 1. The molecule has 0 spiro atoms. The highest BCUT2D eigenvalue weighted by atomic mass is 16.5. The first-order valence-corrected chi connectivity index (χ1v) is 6.15. The SMILES string of the molecule is C=CC[C@H](c1ccccc1)c1ccccc1OC. The molecule has 2 aromatic carbocycles. The lowest BCUT2D eigenvalue weighted by Crippen LogP contribution is -2.02. The van der Waals surface area contributed by atoms with Crippen molar-refractivity contribution in [2.75, 3.05) is 7.11 Å². The first kappa shape index (κ1) is 12.4. The van der Waals surface area contributed by atoms with Crippen molar-refractivity contribution in [1.82, 2.24) is 0 Å². The van der Waals surface area contributed by atoms with Crippen LogP contribution in [0.15, 0.2) is 67.3 Å². The van der Waals surface area contributed by atoms with Crippen LogP contribution in [0.2, 0.25) is 0 Å². The molecule has 0 bridgehead atoms. The molecule has 0 fully saturated rings. The summed E-state index contributed by atoms with van der Waals surface area (Å²) < 4.78 is 5.46. The monoisotopic (exact) mass is 238 g/mol. The van der Waals surface area contributed by atoms with Crippen molar-refractivity contribution >= 4 is 0 Å². The molecule has 1 heteroatoms. The molecule has 1 atom stereocenters. The van der Waals surface area contributed by atoms with Gasteiger partial charge in [-0.1, -0.05) is 54.6 Å². The van der Waals surface area contributed by atoms with Crippen LogP contribution in [0, 0.1) is 0 Å². The maximum absolute atomic E-state index is 5.46. The molecule has 0 unspecified atom stereocenters. The van der Waals surface area contributed by atoms with Crippen molar-refractivity contribution < 1.29 is 4.74 Å². The molecule has 2 aromatic rings. The third-order valence-corrected chi connectivity index (χ3v) is 3.12. The van der Waals surface area contributed by atoms with Crippen molar-refractivity contribution in [1.29, 1.82) is 0 Å². The Hall–Kier alpha value is -2.02. The molecule has 0 aliphatic heterocycles. The van der Waals surface area contributed by atoms with Crippen molar-refractivity contribution in [3.8, 4) is 5.75 Å². The van der Waals surface area contributed by atoms with Crippen LogP contribution < -0.4 is 4.74 Å². The predicted octanol–water partition coefficient (Wildman–Crippen LogP) is 4.40. The van der Waals surface area contributed by atoms with E-state index in [-0.39, 0.29) is 0 Å². The van der Waals surface area contributed by atoms with Crippen molar-refractivity contribution in [3.63, 3.8) is 0 Å². The molecule has 0 N–H and O–H groups in total. The minimum Gasteiger partial charge on any atom is -0.496 e. The number of allylic oxidation sites excluding steroid dienone is 1. The van der Waals surface area contributed by atoms with Gasteiger partial charge in [0.25, 0.3) is 0 Å². The highest BCUT2D eigenvalue weighted by Crippen LogP contribution is 2.34. The van der Waals surface area contributed by atoms with Gasteiger partial charge in [0.15, 0.2) is 0 Å². The number of rotatable bonds is 5. The summed E-state index contributed by atoms with van der Waals surface area (Å²) in [4.78, 5) is 0. The predicted molar refractivity (Wildman–Crippen MR) is 76.1 cm³/mol. The normalized spacial score (nSPS) is 11.8.